The fourth-order valence-electron chi connectivity index (χ4n) is 3.13. The van der Waals surface area contributed by atoms with Crippen LogP contribution in [0.4, 0.5) is 11.5 Å². The predicted molar refractivity (Wildman–Crippen MR) is 108 cm³/mol. The number of nitrogens with one attached hydrogen (secondary N) is 2. The minimum absolute atomic E-state index is 0.0490. The Hall–Kier alpha value is -3.41. The number of hydrazone groups is 1. The number of amides is 1. The molecular formula is C21H20N4O2. The zero-order valence-electron chi connectivity index (χ0n) is 15.5. The lowest BCUT2D eigenvalue weighted by Gasteiger charge is -2.18. The van der Waals surface area contributed by atoms with Crippen LogP contribution in [0.15, 0.2) is 47.6 Å². The van der Waals surface area contributed by atoms with Crippen LogP contribution >= 0.6 is 0 Å². The first-order chi connectivity index (χ1) is 13.0. The van der Waals surface area contributed by atoms with Gasteiger partial charge in [0.25, 0.3) is 5.91 Å². The highest BCUT2D eigenvalue weighted by Crippen LogP contribution is 2.29. The number of pyridine rings is 1. The second kappa shape index (κ2) is 6.72. The van der Waals surface area contributed by atoms with Gasteiger partial charge < -0.3 is 10.1 Å². The lowest BCUT2D eigenvalue weighted by molar-refractivity contribution is -0.118. The number of nitrogens with zero attached hydrogens (tertiary/aromatic N) is 2. The molecule has 1 aromatic heterocycles. The number of para-hydroxylation sites is 1. The Labute approximate surface area is 157 Å². The van der Waals surface area contributed by atoms with Crippen molar-refractivity contribution < 1.29 is 9.53 Å². The standard InChI is InChI=1S/C21H20N4O2/c1-12-5-4-6-16-13(2)9-19(23-21(12)16)25-24-14(3)15-7-8-18-17(10-15)22-20(26)11-27-18/h4-10H,11H2,1-3H3,(H,22,26)(H,23,25)/b24-14-. The Morgan fingerprint density at radius 1 is 1.19 bits per heavy atom. The molecule has 0 unspecified atom stereocenters. The van der Waals surface area contributed by atoms with Crippen LogP contribution in [0.3, 0.4) is 0 Å². The quantitative estimate of drug-likeness (QED) is 0.546. The maximum Gasteiger partial charge on any atom is 0.262 e. The van der Waals surface area contributed by atoms with Crippen LogP contribution in [0.25, 0.3) is 10.9 Å². The lowest BCUT2D eigenvalue weighted by Crippen LogP contribution is -2.25. The second-order valence-electron chi connectivity index (χ2n) is 6.65. The van der Waals surface area contributed by atoms with Gasteiger partial charge in [-0.2, -0.15) is 5.10 Å². The van der Waals surface area contributed by atoms with E-state index in [9.17, 15) is 4.79 Å². The van der Waals surface area contributed by atoms with E-state index in [0.29, 0.717) is 17.3 Å². The summed E-state index contributed by atoms with van der Waals surface area (Å²) >= 11 is 0. The van der Waals surface area contributed by atoms with Crippen LogP contribution in [-0.2, 0) is 4.79 Å². The van der Waals surface area contributed by atoms with Gasteiger partial charge in [-0.15, -0.1) is 0 Å². The molecule has 0 spiro atoms. The number of aromatic nitrogens is 1. The van der Waals surface area contributed by atoms with Gasteiger partial charge in [0.05, 0.1) is 16.9 Å². The lowest BCUT2D eigenvalue weighted by atomic mass is 10.1. The molecule has 0 saturated heterocycles. The van der Waals surface area contributed by atoms with Crippen molar-refractivity contribution in [2.75, 3.05) is 17.3 Å². The topological polar surface area (TPSA) is 75.6 Å². The molecule has 1 aliphatic rings. The highest BCUT2D eigenvalue weighted by Gasteiger charge is 2.16. The minimum Gasteiger partial charge on any atom is -0.482 e. The molecule has 2 aromatic carbocycles. The number of anilines is 2. The van der Waals surface area contributed by atoms with Gasteiger partial charge in [0, 0.05) is 5.39 Å². The molecule has 6 heteroatoms. The maximum atomic E-state index is 11.5. The third-order valence-corrected chi connectivity index (χ3v) is 4.62. The number of rotatable bonds is 3. The Kier molecular flexibility index (Phi) is 4.24. The van der Waals surface area contributed by atoms with Crippen LogP contribution in [0.5, 0.6) is 5.75 Å². The highest BCUT2D eigenvalue weighted by molar-refractivity contribution is 6.02. The largest absolute Gasteiger partial charge is 0.482 e. The smallest absolute Gasteiger partial charge is 0.262 e. The first kappa shape index (κ1) is 17.0. The fraction of sp³-hybridized carbons (Fsp3) is 0.190. The van der Waals surface area contributed by atoms with Gasteiger partial charge in [-0.25, -0.2) is 4.98 Å². The number of aryl methyl sites for hydroxylation is 2. The van der Waals surface area contributed by atoms with Gasteiger partial charge in [-0.05, 0) is 61.7 Å². The predicted octanol–water partition coefficient (Wildman–Crippen LogP) is 4.02. The average molecular weight is 360 g/mol. The van der Waals surface area contributed by atoms with Crippen molar-refractivity contribution >= 4 is 34.0 Å². The molecule has 1 aliphatic heterocycles. The normalized spacial score (nSPS) is 13.7. The maximum absolute atomic E-state index is 11.5. The van der Waals surface area contributed by atoms with E-state index in [0.717, 1.165) is 33.3 Å². The third kappa shape index (κ3) is 3.33. The summed E-state index contributed by atoms with van der Waals surface area (Å²) in [6.45, 7) is 6.07. The zero-order chi connectivity index (χ0) is 19.0. The summed E-state index contributed by atoms with van der Waals surface area (Å²) in [7, 11) is 0. The monoisotopic (exact) mass is 360 g/mol. The molecular weight excluding hydrogens is 340 g/mol. The van der Waals surface area contributed by atoms with Gasteiger partial charge in [0.2, 0.25) is 0 Å². The zero-order valence-corrected chi connectivity index (χ0v) is 15.5. The molecule has 27 heavy (non-hydrogen) atoms. The van der Waals surface area contributed by atoms with Crippen molar-refractivity contribution in [3.05, 3.63) is 59.2 Å². The summed E-state index contributed by atoms with van der Waals surface area (Å²) in [4.78, 5) is 16.2. The SMILES string of the molecule is C/C(=N/Nc1cc(C)c2cccc(C)c2n1)c1ccc2c(c1)NC(=O)CO2. The van der Waals surface area contributed by atoms with E-state index in [-0.39, 0.29) is 12.5 Å². The molecule has 0 radical (unpaired) electrons. The van der Waals surface area contributed by atoms with Gasteiger partial charge in [0.1, 0.15) is 11.6 Å². The van der Waals surface area contributed by atoms with Crippen LogP contribution in [0, 0.1) is 13.8 Å². The van der Waals surface area contributed by atoms with E-state index in [1.54, 1.807) is 0 Å². The number of hydrogen-bond acceptors (Lipinski definition) is 5. The molecule has 2 N–H and O–H groups in total. The number of fused-ring (bicyclic) bond motifs is 2. The second-order valence-corrected chi connectivity index (χ2v) is 6.65. The number of benzene rings is 2. The molecule has 2 heterocycles. The van der Waals surface area contributed by atoms with E-state index < -0.39 is 0 Å². The van der Waals surface area contributed by atoms with Gasteiger partial charge in [0.15, 0.2) is 6.61 Å². The molecule has 0 aliphatic carbocycles. The number of hydrogen-bond donors (Lipinski definition) is 2. The Morgan fingerprint density at radius 2 is 2.04 bits per heavy atom. The average Bonchev–Trinajstić information content (AvgIpc) is 2.66. The van der Waals surface area contributed by atoms with E-state index in [1.165, 1.54) is 0 Å². The molecule has 0 bridgehead atoms. The van der Waals surface area contributed by atoms with Crippen molar-refractivity contribution in [2.24, 2.45) is 5.10 Å². The molecule has 4 rings (SSSR count). The summed E-state index contributed by atoms with van der Waals surface area (Å²) in [5.74, 6) is 1.21. The highest BCUT2D eigenvalue weighted by atomic mass is 16.5. The molecule has 1 amide bonds. The van der Waals surface area contributed by atoms with Crippen LogP contribution in [0.2, 0.25) is 0 Å². The molecule has 6 nitrogen and oxygen atoms in total. The van der Waals surface area contributed by atoms with Gasteiger partial charge in [-0.1, -0.05) is 18.2 Å². The van der Waals surface area contributed by atoms with Gasteiger partial charge >= 0.3 is 0 Å². The van der Waals surface area contributed by atoms with Crippen molar-refractivity contribution in [1.82, 2.24) is 4.98 Å². The molecule has 136 valence electrons. The first-order valence-electron chi connectivity index (χ1n) is 8.75. The summed E-state index contributed by atoms with van der Waals surface area (Å²) in [6, 6.07) is 13.8. The van der Waals surface area contributed by atoms with Crippen molar-refractivity contribution in [3.63, 3.8) is 0 Å². The van der Waals surface area contributed by atoms with Crippen molar-refractivity contribution in [3.8, 4) is 5.75 Å². The summed E-state index contributed by atoms with van der Waals surface area (Å²) in [5, 5.41) is 8.42. The summed E-state index contributed by atoms with van der Waals surface area (Å²) in [6.07, 6.45) is 0. The number of ether oxygens (including phenoxy) is 1. The third-order valence-electron chi connectivity index (χ3n) is 4.62. The van der Waals surface area contributed by atoms with Crippen molar-refractivity contribution in [1.29, 1.82) is 0 Å². The Bertz CT molecular complexity index is 1090. The molecule has 0 fully saturated rings. The summed E-state index contributed by atoms with van der Waals surface area (Å²) in [5.41, 5.74) is 8.63. The van der Waals surface area contributed by atoms with Crippen LogP contribution in [0.1, 0.15) is 23.6 Å². The van der Waals surface area contributed by atoms with Crippen LogP contribution in [-0.4, -0.2) is 23.2 Å². The number of carbonyl (C=O) groups excluding carboxylic acids is 1. The van der Waals surface area contributed by atoms with Crippen LogP contribution < -0.4 is 15.5 Å². The fourth-order valence-corrected chi connectivity index (χ4v) is 3.13. The minimum atomic E-state index is -0.154. The Balaban J connectivity index is 1.61. The molecule has 0 atom stereocenters. The first-order valence-corrected chi connectivity index (χ1v) is 8.75. The van der Waals surface area contributed by atoms with Gasteiger partial charge in [-0.3, -0.25) is 10.2 Å². The van der Waals surface area contributed by atoms with E-state index in [1.807, 2.05) is 37.3 Å². The Morgan fingerprint density at radius 3 is 2.89 bits per heavy atom. The molecule has 0 saturated carbocycles. The molecule has 3 aromatic rings. The van der Waals surface area contributed by atoms with E-state index in [2.05, 4.69) is 46.8 Å². The number of carbonyl (C=O) groups is 1. The van der Waals surface area contributed by atoms with E-state index in [4.69, 9.17) is 4.74 Å². The van der Waals surface area contributed by atoms with E-state index >= 15 is 0 Å². The van der Waals surface area contributed by atoms with Crippen molar-refractivity contribution in [2.45, 2.75) is 20.8 Å². The summed E-state index contributed by atoms with van der Waals surface area (Å²) < 4.78 is 5.39.